The third-order valence-electron chi connectivity index (χ3n) is 4.50. The molecule has 12 nitrogen and oxygen atoms in total. The van der Waals surface area contributed by atoms with Crippen molar-refractivity contribution in [1.29, 1.82) is 0 Å². The number of nitrogens with zero attached hydrogens (tertiary/aromatic N) is 3. The van der Waals surface area contributed by atoms with Crippen LogP contribution in [0.1, 0.15) is 25.0 Å². The number of benzene rings is 2. The fourth-order valence-electron chi connectivity index (χ4n) is 3.07. The number of nitro benzene ring substituents is 2. The van der Waals surface area contributed by atoms with Gasteiger partial charge in [0.2, 0.25) is 5.75 Å². The van der Waals surface area contributed by atoms with Gasteiger partial charge < -0.3 is 9.47 Å². The van der Waals surface area contributed by atoms with Crippen LogP contribution in [0.2, 0.25) is 0 Å². The lowest BCUT2D eigenvalue weighted by molar-refractivity contribution is -0.386. The number of carbonyl (C=O) groups excluding carboxylic acids is 3. The second-order valence-corrected chi connectivity index (χ2v) is 7.80. The van der Waals surface area contributed by atoms with E-state index in [-0.39, 0.29) is 40.8 Å². The standard InChI is InChI=1S/C21H17N3O9S/c1-3-32-19-16(33-12(2)25)9-6-14(18(19)24(30)31)10-17-20(26)22(21(27)34-17)11-13-4-7-15(8-5-13)23(28)29/h4-10H,3,11H2,1-2H3/b17-10-. The first-order valence-electron chi connectivity index (χ1n) is 9.73. The zero-order valence-electron chi connectivity index (χ0n) is 17.9. The summed E-state index contributed by atoms with van der Waals surface area (Å²) in [6.45, 7) is 2.65. The number of hydrogen-bond acceptors (Lipinski definition) is 10. The van der Waals surface area contributed by atoms with Crippen molar-refractivity contribution in [2.24, 2.45) is 0 Å². The molecular weight excluding hydrogens is 470 g/mol. The lowest BCUT2D eigenvalue weighted by Gasteiger charge is -2.12. The van der Waals surface area contributed by atoms with Crippen molar-refractivity contribution in [3.8, 4) is 11.5 Å². The molecule has 0 aromatic heterocycles. The van der Waals surface area contributed by atoms with Crippen molar-refractivity contribution in [1.82, 2.24) is 4.90 Å². The molecule has 1 fully saturated rings. The Morgan fingerprint density at radius 1 is 1.09 bits per heavy atom. The van der Waals surface area contributed by atoms with Gasteiger partial charge in [-0.15, -0.1) is 0 Å². The molecule has 0 atom stereocenters. The van der Waals surface area contributed by atoms with Gasteiger partial charge in [-0.25, -0.2) is 0 Å². The van der Waals surface area contributed by atoms with Gasteiger partial charge in [0.25, 0.3) is 16.8 Å². The van der Waals surface area contributed by atoms with Crippen LogP contribution in [0.5, 0.6) is 11.5 Å². The number of rotatable bonds is 8. The maximum Gasteiger partial charge on any atom is 0.322 e. The number of nitro groups is 2. The monoisotopic (exact) mass is 487 g/mol. The summed E-state index contributed by atoms with van der Waals surface area (Å²) in [4.78, 5) is 58.8. The van der Waals surface area contributed by atoms with Crippen LogP contribution in [0.15, 0.2) is 41.3 Å². The van der Waals surface area contributed by atoms with Crippen LogP contribution in [0.4, 0.5) is 16.2 Å². The van der Waals surface area contributed by atoms with Gasteiger partial charge in [-0.05, 0) is 42.5 Å². The van der Waals surface area contributed by atoms with E-state index in [1.807, 2.05) is 0 Å². The molecule has 0 saturated carbocycles. The Balaban J connectivity index is 1.94. The second-order valence-electron chi connectivity index (χ2n) is 6.81. The van der Waals surface area contributed by atoms with Crippen LogP contribution in [0.3, 0.4) is 0 Å². The highest BCUT2D eigenvalue weighted by Gasteiger charge is 2.36. The van der Waals surface area contributed by atoms with Crippen LogP contribution < -0.4 is 9.47 Å². The predicted molar refractivity (Wildman–Crippen MR) is 120 cm³/mol. The Morgan fingerprint density at radius 3 is 2.32 bits per heavy atom. The summed E-state index contributed by atoms with van der Waals surface area (Å²) in [5.74, 6) is -1.80. The molecule has 0 N–H and O–H groups in total. The molecule has 34 heavy (non-hydrogen) atoms. The van der Waals surface area contributed by atoms with Crippen molar-refractivity contribution in [3.05, 3.63) is 72.7 Å². The second kappa shape index (κ2) is 10.1. The van der Waals surface area contributed by atoms with Crippen LogP contribution in [0, 0.1) is 20.2 Å². The maximum atomic E-state index is 12.8. The Bertz CT molecular complexity index is 1220. The molecule has 0 bridgehead atoms. The highest BCUT2D eigenvalue weighted by Crippen LogP contribution is 2.42. The highest BCUT2D eigenvalue weighted by atomic mass is 32.2. The minimum Gasteiger partial charge on any atom is -0.485 e. The number of carbonyl (C=O) groups is 3. The van der Waals surface area contributed by atoms with Crippen molar-refractivity contribution >= 4 is 46.3 Å². The van der Waals surface area contributed by atoms with E-state index in [1.165, 1.54) is 42.5 Å². The smallest absolute Gasteiger partial charge is 0.322 e. The summed E-state index contributed by atoms with van der Waals surface area (Å²) in [5, 5.41) is 22.0. The third kappa shape index (κ3) is 5.20. The molecule has 13 heteroatoms. The van der Waals surface area contributed by atoms with E-state index in [4.69, 9.17) is 9.47 Å². The molecule has 2 aromatic carbocycles. The van der Waals surface area contributed by atoms with Gasteiger partial charge in [0.1, 0.15) is 0 Å². The number of hydrogen-bond donors (Lipinski definition) is 0. The predicted octanol–water partition coefficient (Wildman–Crippen LogP) is 4.06. The molecule has 1 heterocycles. The Labute approximate surface area is 196 Å². The normalized spacial score (nSPS) is 14.4. The molecule has 0 radical (unpaired) electrons. The summed E-state index contributed by atoms with van der Waals surface area (Å²) in [6.07, 6.45) is 1.19. The van der Waals surface area contributed by atoms with E-state index in [1.54, 1.807) is 6.92 Å². The van der Waals surface area contributed by atoms with Crippen LogP contribution in [0.25, 0.3) is 6.08 Å². The topological polar surface area (TPSA) is 159 Å². The summed E-state index contributed by atoms with van der Waals surface area (Å²) in [7, 11) is 0. The number of imide groups is 1. The first kappa shape index (κ1) is 24.4. The van der Waals surface area contributed by atoms with Crippen molar-refractivity contribution < 1.29 is 33.7 Å². The molecule has 0 aliphatic carbocycles. The minimum absolute atomic E-state index is 0.0230. The number of amides is 2. The molecule has 1 saturated heterocycles. The quantitative estimate of drug-likeness (QED) is 0.175. The van der Waals surface area contributed by atoms with Crippen LogP contribution >= 0.6 is 11.8 Å². The van der Waals surface area contributed by atoms with E-state index >= 15 is 0 Å². The summed E-state index contributed by atoms with van der Waals surface area (Å²) < 4.78 is 10.3. The van der Waals surface area contributed by atoms with Gasteiger partial charge in [0.05, 0.1) is 33.5 Å². The number of ether oxygens (including phenoxy) is 2. The molecule has 176 valence electrons. The number of non-ortho nitro benzene ring substituents is 1. The summed E-state index contributed by atoms with van der Waals surface area (Å²) in [6, 6.07) is 7.95. The lowest BCUT2D eigenvalue weighted by Crippen LogP contribution is -2.27. The molecule has 0 spiro atoms. The van der Waals surface area contributed by atoms with E-state index in [0.29, 0.717) is 17.3 Å². The van der Waals surface area contributed by atoms with Gasteiger partial charge in [-0.3, -0.25) is 39.5 Å². The van der Waals surface area contributed by atoms with Crippen molar-refractivity contribution in [2.45, 2.75) is 20.4 Å². The fourth-order valence-corrected chi connectivity index (χ4v) is 3.90. The van der Waals surface area contributed by atoms with Gasteiger partial charge in [-0.2, -0.15) is 0 Å². The van der Waals surface area contributed by atoms with Crippen LogP contribution in [-0.2, 0) is 16.1 Å². The van der Waals surface area contributed by atoms with E-state index < -0.39 is 32.6 Å². The SMILES string of the molecule is CCOc1c(OC(C)=O)ccc(/C=C2\SC(=O)N(Cc3ccc([N+](=O)[O-])cc3)C2=O)c1[N+](=O)[O-]. The first-order chi connectivity index (χ1) is 16.1. The number of esters is 1. The average Bonchev–Trinajstić information content (AvgIpc) is 3.03. The highest BCUT2D eigenvalue weighted by molar-refractivity contribution is 8.18. The molecule has 1 aliphatic rings. The van der Waals surface area contributed by atoms with Crippen molar-refractivity contribution in [3.63, 3.8) is 0 Å². The molecule has 2 aromatic rings. The third-order valence-corrected chi connectivity index (χ3v) is 5.41. The van der Waals surface area contributed by atoms with E-state index in [0.717, 1.165) is 11.8 Å². The lowest BCUT2D eigenvalue weighted by atomic mass is 10.1. The van der Waals surface area contributed by atoms with Gasteiger partial charge in [0, 0.05) is 19.1 Å². The summed E-state index contributed by atoms with van der Waals surface area (Å²) in [5.41, 5.74) is -0.190. The van der Waals surface area contributed by atoms with Gasteiger partial charge >= 0.3 is 11.7 Å². The molecule has 2 amide bonds. The summed E-state index contributed by atoms with van der Waals surface area (Å²) >= 11 is 0.600. The largest absolute Gasteiger partial charge is 0.485 e. The Hall–Kier alpha value is -4.26. The zero-order valence-corrected chi connectivity index (χ0v) is 18.7. The van der Waals surface area contributed by atoms with E-state index in [9.17, 15) is 34.6 Å². The van der Waals surface area contributed by atoms with Crippen molar-refractivity contribution in [2.75, 3.05) is 6.61 Å². The molecular formula is C21H17N3O9S. The molecule has 0 unspecified atom stereocenters. The molecule has 1 aliphatic heterocycles. The fraction of sp³-hybridized carbons (Fsp3) is 0.190. The number of thioether (sulfide) groups is 1. The van der Waals surface area contributed by atoms with Crippen LogP contribution in [-0.4, -0.2) is 38.5 Å². The maximum absolute atomic E-state index is 12.8. The minimum atomic E-state index is -0.731. The first-order valence-corrected chi connectivity index (χ1v) is 10.5. The Kier molecular flexibility index (Phi) is 7.26. The molecule has 3 rings (SSSR count). The zero-order chi connectivity index (χ0) is 25.0. The van der Waals surface area contributed by atoms with E-state index in [2.05, 4.69) is 0 Å². The van der Waals surface area contributed by atoms with Gasteiger partial charge in [-0.1, -0.05) is 12.1 Å². The van der Waals surface area contributed by atoms with Gasteiger partial charge in [0.15, 0.2) is 5.75 Å². The Morgan fingerprint density at radius 2 is 1.76 bits per heavy atom. The average molecular weight is 487 g/mol.